The number of carboxylic acids is 1. The molecular weight excluding hydrogens is 258 g/mol. The molecule has 3 aromatic rings. The number of rotatable bonds is 3. The van der Waals surface area contributed by atoms with Crippen molar-refractivity contribution in [1.82, 2.24) is 9.97 Å². The number of aryl methyl sites for hydroxylation is 1. The topological polar surface area (TPSA) is 100 Å². The van der Waals surface area contributed by atoms with Crippen LogP contribution in [0.2, 0.25) is 0 Å². The molecule has 0 saturated carbocycles. The Morgan fingerprint density at radius 1 is 1.50 bits per heavy atom. The molecule has 6 heteroatoms. The molecule has 6 nitrogen and oxygen atoms in total. The van der Waals surface area contributed by atoms with Gasteiger partial charge in [0, 0.05) is 18.0 Å². The van der Waals surface area contributed by atoms with Crippen molar-refractivity contribution in [3.05, 3.63) is 35.9 Å². The second kappa shape index (κ2) is 4.63. The SMILES string of the molecule is N#Cc1cc2nc(CCC(=O)O)oc2c2ncccc12. The zero-order valence-electron chi connectivity index (χ0n) is 10.3. The summed E-state index contributed by atoms with van der Waals surface area (Å²) in [4.78, 5) is 19.0. The highest BCUT2D eigenvalue weighted by atomic mass is 16.4. The Bertz CT molecular complexity index is 861. The van der Waals surface area contributed by atoms with Crippen LogP contribution in [0.3, 0.4) is 0 Å². The normalized spacial score (nSPS) is 10.8. The molecule has 1 aromatic carbocycles. The highest BCUT2D eigenvalue weighted by Gasteiger charge is 2.14. The summed E-state index contributed by atoms with van der Waals surface area (Å²) >= 11 is 0. The maximum Gasteiger partial charge on any atom is 0.303 e. The van der Waals surface area contributed by atoms with Crippen LogP contribution in [-0.4, -0.2) is 21.0 Å². The number of oxazole rings is 1. The van der Waals surface area contributed by atoms with E-state index in [-0.39, 0.29) is 12.8 Å². The van der Waals surface area contributed by atoms with Crippen molar-refractivity contribution in [3.8, 4) is 6.07 Å². The van der Waals surface area contributed by atoms with Crippen LogP contribution in [0.5, 0.6) is 0 Å². The molecule has 0 radical (unpaired) electrons. The third-order valence-corrected chi connectivity index (χ3v) is 2.96. The zero-order valence-corrected chi connectivity index (χ0v) is 10.3. The number of carboxylic acid groups (broad SMARTS) is 1. The standard InChI is InChI=1S/C14H9N3O3/c15-7-8-6-10-14(13-9(8)2-1-5-16-13)20-11(17-10)3-4-12(18)19/h1-2,5-6H,3-4H2,(H,18,19). The van der Waals surface area contributed by atoms with Gasteiger partial charge >= 0.3 is 5.97 Å². The number of carbonyl (C=O) groups is 1. The van der Waals surface area contributed by atoms with E-state index in [0.717, 1.165) is 0 Å². The number of aromatic nitrogens is 2. The molecule has 0 spiro atoms. The Morgan fingerprint density at radius 2 is 2.35 bits per heavy atom. The average molecular weight is 267 g/mol. The first-order valence-electron chi connectivity index (χ1n) is 5.98. The first kappa shape index (κ1) is 12.1. The average Bonchev–Trinajstić information content (AvgIpc) is 2.87. The number of hydrogen-bond acceptors (Lipinski definition) is 5. The molecule has 0 saturated heterocycles. The molecule has 0 aliphatic heterocycles. The van der Waals surface area contributed by atoms with Gasteiger partial charge in [0.15, 0.2) is 11.5 Å². The van der Waals surface area contributed by atoms with Crippen LogP contribution in [0.1, 0.15) is 17.9 Å². The second-order valence-electron chi connectivity index (χ2n) is 4.29. The fraction of sp³-hybridized carbons (Fsp3) is 0.143. The third-order valence-electron chi connectivity index (χ3n) is 2.96. The van der Waals surface area contributed by atoms with E-state index >= 15 is 0 Å². The number of fused-ring (bicyclic) bond motifs is 3. The summed E-state index contributed by atoms with van der Waals surface area (Å²) in [6.07, 6.45) is 1.77. The minimum absolute atomic E-state index is 0.0523. The number of aliphatic carboxylic acids is 1. The van der Waals surface area contributed by atoms with Gasteiger partial charge in [-0.25, -0.2) is 4.98 Å². The van der Waals surface area contributed by atoms with Gasteiger partial charge in [0.1, 0.15) is 11.0 Å². The maximum atomic E-state index is 10.6. The van der Waals surface area contributed by atoms with E-state index in [1.54, 1.807) is 24.4 Å². The quantitative estimate of drug-likeness (QED) is 0.781. The molecule has 0 amide bonds. The van der Waals surface area contributed by atoms with E-state index in [2.05, 4.69) is 16.0 Å². The first-order chi connectivity index (χ1) is 9.69. The monoisotopic (exact) mass is 267 g/mol. The molecule has 0 fully saturated rings. The number of nitriles is 1. The molecule has 0 atom stereocenters. The van der Waals surface area contributed by atoms with Crippen LogP contribution in [0.4, 0.5) is 0 Å². The predicted molar refractivity (Wildman–Crippen MR) is 70.0 cm³/mol. The van der Waals surface area contributed by atoms with Gasteiger partial charge in [-0.15, -0.1) is 0 Å². The number of pyridine rings is 1. The van der Waals surface area contributed by atoms with Gasteiger partial charge in [-0.05, 0) is 18.2 Å². The zero-order chi connectivity index (χ0) is 14.1. The molecule has 2 heterocycles. The third kappa shape index (κ3) is 1.95. The Labute approximate surface area is 113 Å². The minimum Gasteiger partial charge on any atom is -0.481 e. The highest BCUT2D eigenvalue weighted by Crippen LogP contribution is 2.27. The lowest BCUT2D eigenvalue weighted by atomic mass is 10.1. The van der Waals surface area contributed by atoms with Gasteiger partial charge in [-0.2, -0.15) is 5.26 Å². The molecule has 0 aliphatic carbocycles. The minimum atomic E-state index is -0.909. The van der Waals surface area contributed by atoms with Gasteiger partial charge in [0.05, 0.1) is 18.1 Å². The van der Waals surface area contributed by atoms with Crippen LogP contribution in [0, 0.1) is 11.3 Å². The van der Waals surface area contributed by atoms with E-state index < -0.39 is 5.97 Å². The van der Waals surface area contributed by atoms with E-state index in [1.807, 2.05) is 0 Å². The smallest absolute Gasteiger partial charge is 0.303 e. The lowest BCUT2D eigenvalue weighted by Gasteiger charge is -1.98. The molecule has 3 rings (SSSR count). The molecule has 0 aliphatic rings. The van der Waals surface area contributed by atoms with Crippen molar-refractivity contribution < 1.29 is 14.3 Å². The van der Waals surface area contributed by atoms with Crippen LogP contribution in [0.15, 0.2) is 28.8 Å². The maximum absolute atomic E-state index is 10.6. The van der Waals surface area contributed by atoms with Crippen molar-refractivity contribution >= 4 is 28.0 Å². The van der Waals surface area contributed by atoms with Gasteiger partial charge in [-0.3, -0.25) is 9.78 Å². The Morgan fingerprint density at radius 3 is 3.10 bits per heavy atom. The summed E-state index contributed by atoms with van der Waals surface area (Å²) in [5.74, 6) is -0.572. The summed E-state index contributed by atoms with van der Waals surface area (Å²) in [5.41, 5.74) is 2.04. The predicted octanol–water partition coefficient (Wildman–Crippen LogP) is 2.26. The lowest BCUT2D eigenvalue weighted by molar-refractivity contribution is -0.137. The van der Waals surface area contributed by atoms with Crippen molar-refractivity contribution in [1.29, 1.82) is 5.26 Å². The van der Waals surface area contributed by atoms with Crippen LogP contribution in [0.25, 0.3) is 22.0 Å². The van der Waals surface area contributed by atoms with Crippen LogP contribution in [-0.2, 0) is 11.2 Å². The van der Waals surface area contributed by atoms with Crippen molar-refractivity contribution in [2.45, 2.75) is 12.8 Å². The molecule has 1 N–H and O–H groups in total. The van der Waals surface area contributed by atoms with Gasteiger partial charge in [0.25, 0.3) is 0 Å². The lowest BCUT2D eigenvalue weighted by Crippen LogP contribution is -1.97. The number of nitrogens with zero attached hydrogens (tertiary/aromatic N) is 3. The van der Waals surface area contributed by atoms with E-state index in [1.165, 1.54) is 0 Å². The summed E-state index contributed by atoms with van der Waals surface area (Å²) < 4.78 is 5.58. The largest absolute Gasteiger partial charge is 0.481 e. The van der Waals surface area contributed by atoms with Crippen molar-refractivity contribution in [2.24, 2.45) is 0 Å². The summed E-state index contributed by atoms with van der Waals surface area (Å²) in [6.45, 7) is 0. The molecule has 20 heavy (non-hydrogen) atoms. The Balaban J connectivity index is 2.21. The van der Waals surface area contributed by atoms with Crippen LogP contribution >= 0.6 is 0 Å². The first-order valence-corrected chi connectivity index (χ1v) is 5.98. The molecular formula is C14H9N3O3. The Kier molecular flexibility index (Phi) is 2.80. The van der Waals surface area contributed by atoms with Crippen molar-refractivity contribution in [2.75, 3.05) is 0 Å². The van der Waals surface area contributed by atoms with Gasteiger partial charge in [0.2, 0.25) is 0 Å². The fourth-order valence-corrected chi connectivity index (χ4v) is 2.08. The van der Waals surface area contributed by atoms with Crippen molar-refractivity contribution in [3.63, 3.8) is 0 Å². The molecule has 2 aromatic heterocycles. The fourth-order valence-electron chi connectivity index (χ4n) is 2.08. The Hall–Kier alpha value is -2.94. The van der Waals surface area contributed by atoms with E-state index in [4.69, 9.17) is 14.8 Å². The summed E-state index contributed by atoms with van der Waals surface area (Å²) in [7, 11) is 0. The number of hydrogen-bond donors (Lipinski definition) is 1. The summed E-state index contributed by atoms with van der Waals surface area (Å²) in [5, 5.41) is 18.5. The second-order valence-corrected chi connectivity index (χ2v) is 4.29. The highest BCUT2D eigenvalue weighted by molar-refractivity contribution is 6.03. The van der Waals surface area contributed by atoms with E-state index in [9.17, 15) is 4.79 Å². The van der Waals surface area contributed by atoms with Gasteiger partial charge < -0.3 is 9.52 Å². The van der Waals surface area contributed by atoms with Crippen LogP contribution < -0.4 is 0 Å². The summed E-state index contributed by atoms with van der Waals surface area (Å²) in [6, 6.07) is 7.28. The number of benzene rings is 1. The molecule has 0 unspecified atom stereocenters. The van der Waals surface area contributed by atoms with E-state index in [0.29, 0.717) is 33.5 Å². The van der Waals surface area contributed by atoms with Gasteiger partial charge in [-0.1, -0.05) is 0 Å². The molecule has 98 valence electrons. The molecule has 0 bridgehead atoms.